The van der Waals surface area contributed by atoms with Crippen LogP contribution in [0.25, 0.3) is 0 Å². The molecule has 2 aromatic carbocycles. The highest BCUT2D eigenvalue weighted by molar-refractivity contribution is 7.09. The van der Waals surface area contributed by atoms with Gasteiger partial charge >= 0.3 is 5.97 Å². The van der Waals surface area contributed by atoms with Crippen molar-refractivity contribution in [3.63, 3.8) is 0 Å². The maximum absolute atomic E-state index is 14.6. The van der Waals surface area contributed by atoms with Gasteiger partial charge in [0.05, 0.1) is 17.8 Å². The van der Waals surface area contributed by atoms with E-state index in [1.807, 2.05) is 17.5 Å². The average molecular weight is 413 g/mol. The van der Waals surface area contributed by atoms with Crippen molar-refractivity contribution >= 4 is 28.9 Å². The minimum absolute atomic E-state index is 0.0686. The van der Waals surface area contributed by atoms with Crippen LogP contribution in [0.4, 0.5) is 14.5 Å². The zero-order chi connectivity index (χ0) is 20.6. The van der Waals surface area contributed by atoms with Gasteiger partial charge in [0.25, 0.3) is 5.91 Å². The van der Waals surface area contributed by atoms with Crippen molar-refractivity contribution in [1.29, 1.82) is 0 Å². The number of thiophene rings is 1. The van der Waals surface area contributed by atoms with Gasteiger partial charge in [0.15, 0.2) is 5.60 Å². The van der Waals surface area contributed by atoms with Crippen molar-refractivity contribution in [2.24, 2.45) is 0 Å². The summed E-state index contributed by atoms with van der Waals surface area (Å²) in [5, 5.41) is 1.84. The predicted molar refractivity (Wildman–Crippen MR) is 106 cm³/mol. The Kier molecular flexibility index (Phi) is 4.92. The van der Waals surface area contributed by atoms with E-state index in [2.05, 4.69) is 0 Å². The molecule has 0 bridgehead atoms. The molecule has 1 aromatic heterocycles. The first-order chi connectivity index (χ1) is 13.9. The number of hydrogen-bond acceptors (Lipinski definition) is 4. The van der Waals surface area contributed by atoms with Gasteiger partial charge < -0.3 is 9.64 Å². The van der Waals surface area contributed by atoms with Crippen LogP contribution in [-0.4, -0.2) is 17.5 Å². The first-order valence-corrected chi connectivity index (χ1v) is 9.86. The summed E-state index contributed by atoms with van der Waals surface area (Å²) in [6, 6.07) is 13.6. The van der Waals surface area contributed by atoms with E-state index in [1.54, 1.807) is 24.3 Å². The molecule has 0 aliphatic carbocycles. The van der Waals surface area contributed by atoms with Crippen molar-refractivity contribution in [2.75, 3.05) is 4.90 Å². The van der Waals surface area contributed by atoms with Crippen molar-refractivity contribution < 1.29 is 23.1 Å². The number of benzene rings is 2. The summed E-state index contributed by atoms with van der Waals surface area (Å²) in [6.45, 7) is 1.60. The molecule has 29 heavy (non-hydrogen) atoms. The van der Waals surface area contributed by atoms with Crippen molar-refractivity contribution in [3.05, 3.63) is 87.6 Å². The van der Waals surface area contributed by atoms with Crippen LogP contribution in [0.5, 0.6) is 0 Å². The van der Waals surface area contributed by atoms with Gasteiger partial charge in [-0.1, -0.05) is 24.3 Å². The molecule has 0 fully saturated rings. The quantitative estimate of drug-likeness (QED) is 0.581. The van der Waals surface area contributed by atoms with Crippen LogP contribution in [0.15, 0.2) is 60.0 Å². The Morgan fingerprint density at radius 3 is 2.69 bits per heavy atom. The van der Waals surface area contributed by atoms with Gasteiger partial charge in [-0.3, -0.25) is 4.79 Å². The molecule has 1 unspecified atom stereocenters. The summed E-state index contributed by atoms with van der Waals surface area (Å²) in [7, 11) is 0. The number of cyclic esters (lactones) is 1. The SMILES string of the molecule is CC1(C(=O)N(Cc2cccs2)c2ccc(F)cc2F)Cc2ccccc2C(=O)O1. The molecule has 3 aromatic rings. The number of ether oxygens (including phenoxy) is 1. The minimum atomic E-state index is -1.51. The number of amides is 1. The number of carbonyl (C=O) groups is 2. The van der Waals surface area contributed by atoms with Crippen LogP contribution in [0, 0.1) is 11.6 Å². The average Bonchev–Trinajstić information content (AvgIpc) is 3.19. The van der Waals surface area contributed by atoms with E-state index in [1.165, 1.54) is 29.2 Å². The Hall–Kier alpha value is -3.06. The number of fused-ring (bicyclic) bond motifs is 1. The Balaban J connectivity index is 1.74. The van der Waals surface area contributed by atoms with E-state index in [0.29, 0.717) is 11.1 Å². The summed E-state index contributed by atoms with van der Waals surface area (Å²) in [6.07, 6.45) is 0.164. The molecule has 1 atom stereocenters. The molecule has 1 aliphatic rings. The summed E-state index contributed by atoms with van der Waals surface area (Å²) in [5.74, 6) is -2.77. The second-order valence-electron chi connectivity index (χ2n) is 7.02. The zero-order valence-electron chi connectivity index (χ0n) is 15.5. The van der Waals surface area contributed by atoms with E-state index in [-0.39, 0.29) is 18.7 Å². The van der Waals surface area contributed by atoms with Crippen molar-refractivity contribution in [2.45, 2.75) is 25.5 Å². The van der Waals surface area contributed by atoms with Crippen LogP contribution in [0.2, 0.25) is 0 Å². The monoisotopic (exact) mass is 413 g/mol. The van der Waals surface area contributed by atoms with E-state index < -0.39 is 29.1 Å². The molecule has 7 heteroatoms. The second-order valence-corrected chi connectivity index (χ2v) is 8.05. The molecule has 0 saturated carbocycles. The highest BCUT2D eigenvalue weighted by atomic mass is 32.1. The fourth-order valence-electron chi connectivity index (χ4n) is 3.46. The smallest absolute Gasteiger partial charge is 0.339 e. The fraction of sp³-hybridized carbons (Fsp3) is 0.182. The Bertz CT molecular complexity index is 1080. The maximum Gasteiger partial charge on any atom is 0.339 e. The molecule has 1 aliphatic heterocycles. The Morgan fingerprint density at radius 1 is 1.17 bits per heavy atom. The summed E-state index contributed by atoms with van der Waals surface area (Å²) in [4.78, 5) is 28.0. The molecule has 0 N–H and O–H groups in total. The zero-order valence-corrected chi connectivity index (χ0v) is 16.3. The number of halogens is 2. The summed E-state index contributed by atoms with van der Waals surface area (Å²) in [5.41, 5.74) is -0.476. The first-order valence-electron chi connectivity index (χ1n) is 8.98. The van der Waals surface area contributed by atoms with E-state index in [9.17, 15) is 18.4 Å². The summed E-state index contributed by atoms with van der Waals surface area (Å²) < 4.78 is 33.5. The van der Waals surface area contributed by atoms with Crippen LogP contribution in [-0.2, 0) is 22.5 Å². The highest BCUT2D eigenvalue weighted by Crippen LogP contribution is 2.33. The molecule has 148 valence electrons. The number of nitrogens with zero attached hydrogens (tertiary/aromatic N) is 1. The number of esters is 1. The van der Waals surface area contributed by atoms with E-state index in [0.717, 1.165) is 17.0 Å². The van der Waals surface area contributed by atoms with Crippen molar-refractivity contribution in [1.82, 2.24) is 0 Å². The standard InChI is InChI=1S/C22H17F2NO3S/c1-22(12-14-5-2-3-7-17(14)20(26)28-22)21(27)25(13-16-6-4-10-29-16)19-9-8-15(23)11-18(19)24/h2-11H,12-13H2,1H3. The largest absolute Gasteiger partial charge is 0.445 e. The van der Waals surface area contributed by atoms with Gasteiger partial charge in [-0.15, -0.1) is 11.3 Å². The minimum Gasteiger partial charge on any atom is -0.445 e. The van der Waals surface area contributed by atoms with Crippen LogP contribution in [0.3, 0.4) is 0 Å². The molecular formula is C22H17F2NO3S. The molecule has 2 heterocycles. The van der Waals surface area contributed by atoms with Gasteiger partial charge in [-0.2, -0.15) is 0 Å². The van der Waals surface area contributed by atoms with Crippen molar-refractivity contribution in [3.8, 4) is 0 Å². The maximum atomic E-state index is 14.6. The fourth-order valence-corrected chi connectivity index (χ4v) is 4.16. The first kappa shape index (κ1) is 19.3. The predicted octanol–water partition coefficient (Wildman–Crippen LogP) is 4.73. The number of hydrogen-bond donors (Lipinski definition) is 0. The second kappa shape index (κ2) is 7.40. The lowest BCUT2D eigenvalue weighted by molar-refractivity contribution is -0.137. The molecule has 0 saturated heterocycles. The van der Waals surface area contributed by atoms with Gasteiger partial charge in [0.1, 0.15) is 11.6 Å². The summed E-state index contributed by atoms with van der Waals surface area (Å²) >= 11 is 1.41. The molecule has 4 rings (SSSR count). The van der Waals surface area contributed by atoms with Gasteiger partial charge in [0, 0.05) is 17.4 Å². The van der Waals surface area contributed by atoms with Crippen LogP contribution in [0.1, 0.15) is 27.7 Å². The highest BCUT2D eigenvalue weighted by Gasteiger charge is 2.45. The molecular weight excluding hydrogens is 396 g/mol. The third-order valence-electron chi connectivity index (χ3n) is 4.88. The molecule has 4 nitrogen and oxygen atoms in total. The number of carbonyl (C=O) groups excluding carboxylic acids is 2. The lowest BCUT2D eigenvalue weighted by atomic mass is 9.88. The Morgan fingerprint density at radius 2 is 1.97 bits per heavy atom. The molecule has 0 spiro atoms. The van der Waals surface area contributed by atoms with Crippen LogP contribution < -0.4 is 4.90 Å². The lowest BCUT2D eigenvalue weighted by Crippen LogP contribution is -2.53. The molecule has 1 amide bonds. The van der Waals surface area contributed by atoms with Gasteiger partial charge in [-0.05, 0) is 42.1 Å². The lowest BCUT2D eigenvalue weighted by Gasteiger charge is -2.37. The number of rotatable bonds is 4. The third kappa shape index (κ3) is 3.65. The van der Waals surface area contributed by atoms with Gasteiger partial charge in [0.2, 0.25) is 0 Å². The van der Waals surface area contributed by atoms with E-state index in [4.69, 9.17) is 4.74 Å². The van der Waals surface area contributed by atoms with Crippen LogP contribution >= 0.6 is 11.3 Å². The van der Waals surface area contributed by atoms with Gasteiger partial charge in [-0.25, -0.2) is 13.6 Å². The van der Waals surface area contributed by atoms with E-state index >= 15 is 0 Å². The third-order valence-corrected chi connectivity index (χ3v) is 5.74. The Labute approximate surface area is 170 Å². The molecule has 0 radical (unpaired) electrons. The number of anilines is 1. The normalized spacial score (nSPS) is 18.1. The topological polar surface area (TPSA) is 46.6 Å².